The first-order valence-corrected chi connectivity index (χ1v) is 13.5. The number of aliphatic hydroxyl groups is 1. The van der Waals surface area contributed by atoms with Crippen molar-refractivity contribution in [1.29, 1.82) is 0 Å². The quantitative estimate of drug-likeness (QED) is 0.425. The van der Waals surface area contributed by atoms with Gasteiger partial charge in [-0.05, 0) is 40.4 Å². The van der Waals surface area contributed by atoms with Crippen molar-refractivity contribution in [2.75, 3.05) is 6.61 Å². The lowest BCUT2D eigenvalue weighted by atomic mass is 9.72. The smallest absolute Gasteiger partial charge is 0.307 e. The lowest BCUT2D eigenvalue weighted by Gasteiger charge is -2.45. The van der Waals surface area contributed by atoms with Gasteiger partial charge < -0.3 is 14.6 Å². The highest BCUT2D eigenvalue weighted by molar-refractivity contribution is 9.10. The highest BCUT2D eigenvalue weighted by Gasteiger charge is 2.49. The van der Waals surface area contributed by atoms with Crippen LogP contribution in [-0.4, -0.2) is 31.1 Å². The predicted octanol–water partition coefficient (Wildman–Crippen LogP) is 6.32. The normalized spacial score (nSPS) is 22.9. The minimum absolute atomic E-state index is 0.162. The van der Waals surface area contributed by atoms with E-state index in [-0.39, 0.29) is 18.4 Å². The molecule has 0 fully saturated rings. The van der Waals surface area contributed by atoms with Crippen LogP contribution in [0.1, 0.15) is 59.4 Å². The van der Waals surface area contributed by atoms with Gasteiger partial charge in [-0.25, -0.2) is 0 Å². The fourth-order valence-electron chi connectivity index (χ4n) is 5.23. The lowest BCUT2D eigenvalue weighted by molar-refractivity contribution is -0.145. The van der Waals surface area contributed by atoms with E-state index in [1.54, 1.807) is 0 Å². The van der Waals surface area contributed by atoms with Crippen LogP contribution in [0.15, 0.2) is 40.6 Å². The van der Waals surface area contributed by atoms with E-state index in [0.717, 1.165) is 15.8 Å². The third-order valence-corrected chi connectivity index (χ3v) is 13.1. The molecule has 0 amide bonds. The zero-order valence-corrected chi connectivity index (χ0v) is 20.9. The Balaban J connectivity index is 2.54. The van der Waals surface area contributed by atoms with E-state index in [1.807, 2.05) is 30.3 Å². The SMILES string of the molecule is CC(C)[Si](OC1=C[C@@H](c2ccc(Br)cc2)C(C(=O)O)[C@@H](CO)C1)(C(C)C)C(C)C. The van der Waals surface area contributed by atoms with Crippen LogP contribution >= 0.6 is 15.9 Å². The van der Waals surface area contributed by atoms with E-state index < -0.39 is 20.2 Å². The average molecular weight is 484 g/mol. The fraction of sp³-hybridized carbons (Fsp3) is 0.609. The van der Waals surface area contributed by atoms with Gasteiger partial charge in [0.2, 0.25) is 0 Å². The molecule has 1 aliphatic carbocycles. The first kappa shape index (κ1) is 24.2. The highest BCUT2D eigenvalue weighted by atomic mass is 79.9. The second kappa shape index (κ2) is 9.80. The van der Waals surface area contributed by atoms with Crippen molar-refractivity contribution in [1.82, 2.24) is 0 Å². The molecule has 1 aliphatic rings. The molecule has 0 aromatic heterocycles. The van der Waals surface area contributed by atoms with Crippen LogP contribution < -0.4 is 0 Å². The van der Waals surface area contributed by atoms with Crippen molar-refractivity contribution in [3.8, 4) is 0 Å². The van der Waals surface area contributed by atoms with Crippen LogP contribution in [-0.2, 0) is 9.22 Å². The first-order chi connectivity index (χ1) is 13.5. The van der Waals surface area contributed by atoms with Gasteiger partial charge in [-0.2, -0.15) is 0 Å². The van der Waals surface area contributed by atoms with Crippen LogP contribution in [0, 0.1) is 11.8 Å². The molecule has 0 spiro atoms. The van der Waals surface area contributed by atoms with Crippen molar-refractivity contribution < 1.29 is 19.4 Å². The molecule has 2 N–H and O–H groups in total. The summed E-state index contributed by atoms with van der Waals surface area (Å²) in [5, 5.41) is 19.9. The molecule has 0 radical (unpaired) electrons. The van der Waals surface area contributed by atoms with Gasteiger partial charge in [0.05, 0.1) is 11.7 Å². The van der Waals surface area contributed by atoms with Gasteiger partial charge in [0, 0.05) is 29.3 Å². The minimum atomic E-state index is -2.15. The monoisotopic (exact) mass is 482 g/mol. The number of carbonyl (C=O) groups is 1. The Bertz CT molecular complexity index is 705. The number of carboxylic acid groups (broad SMARTS) is 1. The molecule has 0 aliphatic heterocycles. The van der Waals surface area contributed by atoms with Crippen molar-refractivity contribution in [2.24, 2.45) is 11.8 Å². The van der Waals surface area contributed by atoms with Crippen molar-refractivity contribution in [3.63, 3.8) is 0 Å². The Labute approximate surface area is 184 Å². The van der Waals surface area contributed by atoms with Gasteiger partial charge in [-0.1, -0.05) is 69.6 Å². The first-order valence-electron chi connectivity index (χ1n) is 10.5. The molecule has 0 saturated carbocycles. The molecule has 1 aromatic carbocycles. The van der Waals surface area contributed by atoms with Crippen LogP contribution in [0.25, 0.3) is 0 Å². The number of aliphatic carboxylic acids is 1. The maximum Gasteiger partial charge on any atom is 0.307 e. The Morgan fingerprint density at radius 2 is 1.62 bits per heavy atom. The summed E-state index contributed by atoms with van der Waals surface area (Å²) in [6.07, 6.45) is 2.49. The van der Waals surface area contributed by atoms with Gasteiger partial charge in [-0.3, -0.25) is 4.79 Å². The molecule has 0 saturated heterocycles. The fourth-order valence-corrected chi connectivity index (χ4v) is 10.8. The van der Waals surface area contributed by atoms with E-state index >= 15 is 0 Å². The number of benzene rings is 1. The van der Waals surface area contributed by atoms with E-state index in [1.165, 1.54) is 0 Å². The van der Waals surface area contributed by atoms with Gasteiger partial charge >= 0.3 is 5.97 Å². The summed E-state index contributed by atoms with van der Waals surface area (Å²) < 4.78 is 7.84. The molecule has 0 bridgehead atoms. The topological polar surface area (TPSA) is 66.8 Å². The molecule has 3 atom stereocenters. The number of rotatable bonds is 8. The molecule has 1 unspecified atom stereocenters. The molecule has 2 rings (SSSR count). The zero-order valence-electron chi connectivity index (χ0n) is 18.4. The number of carboxylic acids is 1. The largest absolute Gasteiger partial charge is 0.546 e. The Hall–Kier alpha value is -1.11. The van der Waals surface area contributed by atoms with E-state index in [2.05, 4.69) is 57.5 Å². The summed E-state index contributed by atoms with van der Waals surface area (Å²) >= 11 is 3.45. The number of hydrogen-bond acceptors (Lipinski definition) is 3. The van der Waals surface area contributed by atoms with Crippen LogP contribution in [0.3, 0.4) is 0 Å². The van der Waals surface area contributed by atoms with Gasteiger partial charge in [0.15, 0.2) is 0 Å². The second-order valence-corrected chi connectivity index (χ2v) is 15.4. The Morgan fingerprint density at radius 1 is 1.10 bits per heavy atom. The molecule has 6 heteroatoms. The summed E-state index contributed by atoms with van der Waals surface area (Å²) in [6, 6.07) is 7.77. The van der Waals surface area contributed by atoms with Crippen molar-refractivity contribution in [2.45, 2.75) is 70.5 Å². The van der Waals surface area contributed by atoms with Crippen molar-refractivity contribution >= 4 is 30.2 Å². The number of halogens is 1. The van der Waals surface area contributed by atoms with Crippen LogP contribution in [0.5, 0.6) is 0 Å². The third-order valence-electron chi connectivity index (χ3n) is 6.51. The van der Waals surface area contributed by atoms with Crippen LogP contribution in [0.2, 0.25) is 16.6 Å². The average Bonchev–Trinajstić information content (AvgIpc) is 2.64. The molecule has 4 nitrogen and oxygen atoms in total. The van der Waals surface area contributed by atoms with Gasteiger partial charge in [0.25, 0.3) is 8.32 Å². The second-order valence-electron chi connectivity index (χ2n) is 9.14. The van der Waals surface area contributed by atoms with Gasteiger partial charge in [0.1, 0.15) is 0 Å². The summed E-state index contributed by atoms with van der Waals surface area (Å²) in [4.78, 5) is 12.1. The molecule has 0 heterocycles. The molecule has 1 aromatic rings. The standard InChI is InChI=1S/C23H35BrO4Si/c1-14(2)29(15(3)4,16(5)6)28-20-11-18(13-25)22(23(26)27)21(12-20)17-7-9-19(24)10-8-17/h7-10,12,14-16,18,21-22,25H,11,13H2,1-6H3,(H,26,27)/t18-,21+,22?/m1/s1. The zero-order chi connectivity index (χ0) is 21.9. The maximum atomic E-state index is 12.1. The molecule has 29 heavy (non-hydrogen) atoms. The lowest BCUT2D eigenvalue weighted by Crippen LogP contribution is -2.48. The third kappa shape index (κ3) is 4.97. The summed E-state index contributed by atoms with van der Waals surface area (Å²) in [5.74, 6) is -1.36. The van der Waals surface area contributed by atoms with Crippen molar-refractivity contribution in [3.05, 3.63) is 46.1 Å². The minimum Gasteiger partial charge on any atom is -0.546 e. The van der Waals surface area contributed by atoms with E-state index in [4.69, 9.17) is 4.43 Å². The summed E-state index contributed by atoms with van der Waals surface area (Å²) in [7, 11) is -2.15. The number of allylic oxidation sites excluding steroid dienone is 2. The highest BCUT2D eigenvalue weighted by Crippen LogP contribution is 2.47. The molecular formula is C23H35BrO4Si. The van der Waals surface area contributed by atoms with Gasteiger partial charge in [-0.15, -0.1) is 0 Å². The number of aliphatic hydroxyl groups excluding tert-OH is 1. The summed E-state index contributed by atoms with van der Waals surface area (Å²) in [6.45, 7) is 13.3. The van der Waals surface area contributed by atoms with Crippen LogP contribution in [0.4, 0.5) is 0 Å². The Kier molecular flexibility index (Phi) is 8.16. The molecule has 162 valence electrons. The maximum absolute atomic E-state index is 12.1. The molecular weight excluding hydrogens is 448 g/mol. The summed E-state index contributed by atoms with van der Waals surface area (Å²) in [5.41, 5.74) is 2.23. The van der Waals surface area contributed by atoms with E-state index in [9.17, 15) is 15.0 Å². The number of hydrogen-bond donors (Lipinski definition) is 2. The predicted molar refractivity (Wildman–Crippen MR) is 123 cm³/mol. The van der Waals surface area contributed by atoms with E-state index in [0.29, 0.717) is 23.0 Å². The Morgan fingerprint density at radius 3 is 2.03 bits per heavy atom.